The first-order valence-electron chi connectivity index (χ1n) is 9.76. The zero-order valence-electron chi connectivity index (χ0n) is 17.3. The van der Waals surface area contributed by atoms with E-state index >= 15 is 0 Å². The van der Waals surface area contributed by atoms with Crippen LogP contribution in [0, 0.1) is 27.7 Å². The molecule has 1 saturated heterocycles. The van der Waals surface area contributed by atoms with Crippen LogP contribution in [0.25, 0.3) is 0 Å². The predicted molar refractivity (Wildman–Crippen MR) is 112 cm³/mol. The molecule has 30 heavy (non-hydrogen) atoms. The molecule has 0 aromatic heterocycles. The Morgan fingerprint density at radius 1 is 0.967 bits per heavy atom. The molecule has 8 nitrogen and oxygen atoms in total. The number of hydrogen-bond donors (Lipinski definition) is 1. The van der Waals surface area contributed by atoms with E-state index < -0.39 is 23.9 Å². The van der Waals surface area contributed by atoms with Gasteiger partial charge < -0.3 is 5.32 Å². The van der Waals surface area contributed by atoms with E-state index in [1.54, 1.807) is 12.1 Å². The van der Waals surface area contributed by atoms with Gasteiger partial charge in [0, 0.05) is 5.69 Å². The van der Waals surface area contributed by atoms with Crippen LogP contribution in [0.3, 0.4) is 0 Å². The minimum absolute atomic E-state index is 0.169. The lowest BCUT2D eigenvalue weighted by molar-refractivity contribution is -0.123. The fraction of sp³-hybridized carbons (Fsp3) is 0.318. The van der Waals surface area contributed by atoms with Crippen molar-refractivity contribution in [1.82, 2.24) is 5.01 Å². The number of nitrogens with one attached hydrogen (secondary N) is 1. The predicted octanol–water partition coefficient (Wildman–Crippen LogP) is 2.85. The van der Waals surface area contributed by atoms with Gasteiger partial charge >= 0.3 is 0 Å². The molecule has 2 aliphatic rings. The average Bonchev–Trinajstić information content (AvgIpc) is 3.21. The first kappa shape index (κ1) is 19.8. The maximum Gasteiger partial charge on any atom is 0.263 e. The van der Waals surface area contributed by atoms with Gasteiger partial charge in [-0.25, -0.2) is 4.90 Å². The lowest BCUT2D eigenvalue weighted by Gasteiger charge is -2.21. The van der Waals surface area contributed by atoms with E-state index in [4.69, 9.17) is 0 Å². The van der Waals surface area contributed by atoms with E-state index in [0.717, 1.165) is 27.2 Å². The molecule has 0 aliphatic carbocycles. The topological polar surface area (TPSA) is 94.4 Å². The number of nitrogens with zero attached hydrogens (tertiary/aromatic N) is 4. The summed E-state index contributed by atoms with van der Waals surface area (Å²) in [5, 5.41) is 12.1. The van der Waals surface area contributed by atoms with Gasteiger partial charge in [-0.2, -0.15) is 5.11 Å². The molecule has 3 amide bonds. The van der Waals surface area contributed by atoms with Crippen LogP contribution >= 0.6 is 0 Å². The molecule has 1 fully saturated rings. The van der Waals surface area contributed by atoms with E-state index in [1.165, 1.54) is 5.01 Å². The summed E-state index contributed by atoms with van der Waals surface area (Å²) in [6.45, 7) is 7.57. The first-order valence-corrected chi connectivity index (χ1v) is 9.76. The molecule has 0 radical (unpaired) electrons. The third-order valence-electron chi connectivity index (χ3n) is 5.58. The SMILES string of the molecule is Cc1ccc(C)c(NC(=O)CN2N=N[C@@H]3C(=O)N(c4ccc(C)c(C)c4)C(=O)[C@H]32)c1. The quantitative estimate of drug-likeness (QED) is 0.792. The molecular weight excluding hydrogens is 382 g/mol. The fourth-order valence-electron chi connectivity index (χ4n) is 3.68. The smallest absolute Gasteiger partial charge is 0.263 e. The number of benzene rings is 2. The number of imide groups is 1. The lowest BCUT2D eigenvalue weighted by atomic mass is 10.1. The summed E-state index contributed by atoms with van der Waals surface area (Å²) in [7, 11) is 0. The summed E-state index contributed by atoms with van der Waals surface area (Å²) in [6.07, 6.45) is 0. The van der Waals surface area contributed by atoms with Gasteiger partial charge in [-0.1, -0.05) is 23.4 Å². The Morgan fingerprint density at radius 2 is 1.70 bits per heavy atom. The standard InChI is InChI=1S/C22H23N5O3/c1-12-5-6-14(3)17(9-12)23-18(28)11-26-20-19(24-25-26)21(29)27(22(20)30)16-8-7-13(2)15(4)10-16/h5-10,19-20H,11H2,1-4H3,(H,23,28)/t19-,20-/m0/s1. The minimum atomic E-state index is -0.924. The molecule has 8 heteroatoms. The van der Waals surface area contributed by atoms with Crippen LogP contribution in [0.5, 0.6) is 0 Å². The first-order chi connectivity index (χ1) is 14.3. The second-order valence-electron chi connectivity index (χ2n) is 7.84. The maximum atomic E-state index is 13.1. The van der Waals surface area contributed by atoms with Gasteiger partial charge in [0.2, 0.25) is 5.91 Å². The highest BCUT2D eigenvalue weighted by molar-refractivity contribution is 6.25. The number of aryl methyl sites for hydroxylation is 4. The Labute approximate surface area is 174 Å². The highest BCUT2D eigenvalue weighted by atomic mass is 16.2. The summed E-state index contributed by atoms with van der Waals surface area (Å²) < 4.78 is 0. The van der Waals surface area contributed by atoms with Crippen LogP contribution in [0.4, 0.5) is 11.4 Å². The summed E-state index contributed by atoms with van der Waals surface area (Å²) in [6, 6.07) is 9.38. The lowest BCUT2D eigenvalue weighted by Crippen LogP contribution is -2.43. The van der Waals surface area contributed by atoms with Crippen molar-refractivity contribution in [2.24, 2.45) is 10.3 Å². The zero-order valence-corrected chi connectivity index (χ0v) is 17.3. The number of hydrogen-bond acceptors (Lipinski definition) is 6. The van der Waals surface area contributed by atoms with E-state index in [-0.39, 0.29) is 12.5 Å². The highest BCUT2D eigenvalue weighted by Gasteiger charge is 2.55. The van der Waals surface area contributed by atoms with Crippen LogP contribution in [0.15, 0.2) is 46.7 Å². The van der Waals surface area contributed by atoms with Crippen LogP contribution in [-0.2, 0) is 14.4 Å². The van der Waals surface area contributed by atoms with Crippen molar-refractivity contribution in [3.8, 4) is 0 Å². The van der Waals surface area contributed by atoms with Crippen molar-refractivity contribution in [1.29, 1.82) is 0 Å². The molecule has 0 bridgehead atoms. The van der Waals surface area contributed by atoms with Crippen LogP contribution < -0.4 is 10.2 Å². The molecule has 2 heterocycles. The largest absolute Gasteiger partial charge is 0.324 e. The average molecular weight is 405 g/mol. The molecule has 1 N–H and O–H groups in total. The molecule has 2 aromatic rings. The van der Waals surface area contributed by atoms with E-state index in [9.17, 15) is 14.4 Å². The highest BCUT2D eigenvalue weighted by Crippen LogP contribution is 2.32. The van der Waals surface area contributed by atoms with Crippen molar-refractivity contribution in [3.63, 3.8) is 0 Å². The molecular formula is C22H23N5O3. The fourth-order valence-corrected chi connectivity index (χ4v) is 3.68. The van der Waals surface area contributed by atoms with E-state index in [1.807, 2.05) is 52.0 Å². The second kappa shape index (κ2) is 7.37. The van der Waals surface area contributed by atoms with Crippen LogP contribution in [0.2, 0.25) is 0 Å². The third kappa shape index (κ3) is 3.34. The summed E-state index contributed by atoms with van der Waals surface area (Å²) >= 11 is 0. The molecule has 4 rings (SSSR count). The van der Waals surface area contributed by atoms with Crippen LogP contribution in [0.1, 0.15) is 22.3 Å². The maximum absolute atomic E-state index is 13.1. The molecule has 0 saturated carbocycles. The monoisotopic (exact) mass is 405 g/mol. The molecule has 2 aliphatic heterocycles. The number of carbonyl (C=O) groups is 3. The Hall–Kier alpha value is -3.55. The third-order valence-corrected chi connectivity index (χ3v) is 5.58. The van der Waals surface area contributed by atoms with E-state index in [2.05, 4.69) is 15.7 Å². The minimum Gasteiger partial charge on any atom is -0.324 e. The second-order valence-corrected chi connectivity index (χ2v) is 7.84. The number of fused-ring (bicyclic) bond motifs is 1. The number of amides is 3. The normalized spacial score (nSPS) is 20.1. The molecule has 2 aromatic carbocycles. The van der Waals surface area contributed by atoms with Gasteiger partial charge in [0.05, 0.1) is 5.69 Å². The van der Waals surface area contributed by atoms with Gasteiger partial charge in [-0.3, -0.25) is 19.4 Å². The van der Waals surface area contributed by atoms with Crippen molar-refractivity contribution in [3.05, 3.63) is 58.7 Å². The Morgan fingerprint density at radius 3 is 2.43 bits per heavy atom. The van der Waals surface area contributed by atoms with Crippen molar-refractivity contribution >= 4 is 29.1 Å². The molecule has 2 atom stereocenters. The van der Waals surface area contributed by atoms with Gasteiger partial charge in [-0.15, -0.1) is 0 Å². The number of rotatable bonds is 4. The van der Waals surface area contributed by atoms with Gasteiger partial charge in [0.1, 0.15) is 6.54 Å². The van der Waals surface area contributed by atoms with Crippen molar-refractivity contribution in [2.45, 2.75) is 39.8 Å². The molecule has 0 spiro atoms. The van der Waals surface area contributed by atoms with Gasteiger partial charge in [0.15, 0.2) is 12.1 Å². The van der Waals surface area contributed by atoms with Gasteiger partial charge in [0.25, 0.3) is 11.8 Å². The zero-order chi connectivity index (χ0) is 21.6. The Balaban J connectivity index is 1.51. The van der Waals surface area contributed by atoms with E-state index in [0.29, 0.717) is 11.4 Å². The summed E-state index contributed by atoms with van der Waals surface area (Å²) in [4.78, 5) is 39.6. The van der Waals surface area contributed by atoms with Crippen molar-refractivity contribution < 1.29 is 14.4 Å². The number of anilines is 2. The summed E-state index contributed by atoms with van der Waals surface area (Å²) in [5.74, 6) is -1.17. The summed E-state index contributed by atoms with van der Waals surface area (Å²) in [5.41, 5.74) is 5.23. The van der Waals surface area contributed by atoms with Gasteiger partial charge in [-0.05, 0) is 68.1 Å². The Kier molecular flexibility index (Phi) is 4.85. The number of carbonyl (C=O) groups excluding carboxylic acids is 3. The Bertz CT molecular complexity index is 1090. The van der Waals surface area contributed by atoms with Crippen molar-refractivity contribution in [2.75, 3.05) is 16.8 Å². The molecule has 154 valence electrons. The molecule has 0 unspecified atom stereocenters. The van der Waals surface area contributed by atoms with Crippen LogP contribution in [-0.4, -0.2) is 41.4 Å².